The molecular formula is C16H22ClN3O3. The number of rotatable bonds is 5. The molecule has 0 unspecified atom stereocenters. The van der Waals surface area contributed by atoms with Crippen LogP contribution in [0.1, 0.15) is 43.0 Å². The van der Waals surface area contributed by atoms with E-state index in [-0.39, 0.29) is 19.0 Å². The van der Waals surface area contributed by atoms with Crippen molar-refractivity contribution in [3.8, 4) is 11.5 Å². The van der Waals surface area contributed by atoms with Gasteiger partial charge in [0.1, 0.15) is 0 Å². The first-order chi connectivity index (χ1) is 10.6. The Balaban J connectivity index is 0.00000192. The van der Waals surface area contributed by atoms with E-state index in [0.29, 0.717) is 23.2 Å². The molecule has 0 saturated heterocycles. The van der Waals surface area contributed by atoms with Gasteiger partial charge in [-0.15, -0.1) is 12.4 Å². The van der Waals surface area contributed by atoms with Gasteiger partial charge >= 0.3 is 0 Å². The molecule has 126 valence electrons. The molecule has 1 aliphatic rings. The molecule has 23 heavy (non-hydrogen) atoms. The van der Waals surface area contributed by atoms with Crippen molar-refractivity contribution in [3.05, 3.63) is 35.5 Å². The molecular weight excluding hydrogens is 318 g/mol. The fourth-order valence-corrected chi connectivity index (χ4v) is 2.78. The number of methoxy groups -OCH3 is 1. The van der Waals surface area contributed by atoms with Crippen LogP contribution in [0.4, 0.5) is 0 Å². The number of nitrogens with two attached hydrogens (primary N) is 1. The van der Waals surface area contributed by atoms with Crippen molar-refractivity contribution in [2.45, 2.75) is 44.8 Å². The maximum atomic E-state index is 6.32. The first-order valence-electron chi connectivity index (χ1n) is 7.50. The van der Waals surface area contributed by atoms with Gasteiger partial charge in [0.2, 0.25) is 0 Å². The molecule has 7 heteroatoms. The van der Waals surface area contributed by atoms with E-state index in [9.17, 15) is 0 Å². The number of nitrogens with zero attached hydrogens (tertiary/aromatic N) is 2. The van der Waals surface area contributed by atoms with Crippen molar-refractivity contribution in [3.63, 3.8) is 0 Å². The Morgan fingerprint density at radius 3 is 2.70 bits per heavy atom. The van der Waals surface area contributed by atoms with Crippen LogP contribution in [0.25, 0.3) is 0 Å². The summed E-state index contributed by atoms with van der Waals surface area (Å²) in [4.78, 5) is 4.38. The Morgan fingerprint density at radius 2 is 2.00 bits per heavy atom. The van der Waals surface area contributed by atoms with Crippen LogP contribution in [0, 0.1) is 6.92 Å². The van der Waals surface area contributed by atoms with Crippen molar-refractivity contribution in [2.24, 2.45) is 5.73 Å². The molecule has 1 saturated carbocycles. The first-order valence-corrected chi connectivity index (χ1v) is 7.50. The van der Waals surface area contributed by atoms with Gasteiger partial charge in [0.25, 0.3) is 5.89 Å². The molecule has 2 N–H and O–H groups in total. The van der Waals surface area contributed by atoms with E-state index in [2.05, 4.69) is 10.1 Å². The van der Waals surface area contributed by atoms with Gasteiger partial charge in [-0.05, 0) is 37.5 Å². The summed E-state index contributed by atoms with van der Waals surface area (Å²) >= 11 is 0. The summed E-state index contributed by atoms with van der Waals surface area (Å²) in [6, 6.07) is 5.75. The third-order valence-electron chi connectivity index (χ3n) is 4.08. The van der Waals surface area contributed by atoms with Crippen molar-refractivity contribution in [1.82, 2.24) is 10.1 Å². The van der Waals surface area contributed by atoms with E-state index in [1.807, 2.05) is 25.1 Å². The van der Waals surface area contributed by atoms with Gasteiger partial charge in [0.15, 0.2) is 23.9 Å². The zero-order valence-electron chi connectivity index (χ0n) is 13.4. The van der Waals surface area contributed by atoms with E-state index >= 15 is 0 Å². The number of hydrogen-bond donors (Lipinski definition) is 1. The summed E-state index contributed by atoms with van der Waals surface area (Å²) < 4.78 is 16.3. The maximum absolute atomic E-state index is 6.32. The molecule has 1 aromatic heterocycles. The standard InChI is InChI=1S/C16H21N3O3.ClH/c1-11-5-6-12(13(9-11)20-2)21-10-14-18-15(19-22-14)16(17)7-3-4-8-16;/h5-6,9H,3-4,7-8,10,17H2,1-2H3;1H. The quantitative estimate of drug-likeness (QED) is 0.901. The molecule has 0 aliphatic heterocycles. The predicted octanol–water partition coefficient (Wildman–Crippen LogP) is 3.12. The van der Waals surface area contributed by atoms with Gasteiger partial charge in [-0.25, -0.2) is 0 Å². The Morgan fingerprint density at radius 1 is 1.26 bits per heavy atom. The number of aryl methyl sites for hydroxylation is 1. The minimum absolute atomic E-state index is 0. The zero-order chi connectivity index (χ0) is 15.6. The molecule has 0 spiro atoms. The Bertz CT molecular complexity index is 654. The first kappa shape index (κ1) is 17.6. The molecule has 0 bridgehead atoms. The summed E-state index contributed by atoms with van der Waals surface area (Å²) in [5.41, 5.74) is 6.98. The van der Waals surface area contributed by atoms with Crippen LogP contribution in [0.15, 0.2) is 22.7 Å². The van der Waals surface area contributed by atoms with E-state index in [0.717, 1.165) is 31.2 Å². The van der Waals surface area contributed by atoms with Crippen LogP contribution in [0.2, 0.25) is 0 Å². The highest BCUT2D eigenvalue weighted by Gasteiger charge is 2.35. The van der Waals surface area contributed by atoms with Crippen molar-refractivity contribution >= 4 is 12.4 Å². The van der Waals surface area contributed by atoms with Gasteiger partial charge in [-0.1, -0.05) is 24.1 Å². The van der Waals surface area contributed by atoms with E-state index in [1.165, 1.54) is 0 Å². The number of benzene rings is 1. The van der Waals surface area contributed by atoms with Gasteiger partial charge in [-0.2, -0.15) is 4.98 Å². The highest BCUT2D eigenvalue weighted by molar-refractivity contribution is 5.85. The topological polar surface area (TPSA) is 83.4 Å². The lowest BCUT2D eigenvalue weighted by Crippen LogP contribution is -2.34. The monoisotopic (exact) mass is 339 g/mol. The summed E-state index contributed by atoms with van der Waals surface area (Å²) in [7, 11) is 1.62. The fraction of sp³-hybridized carbons (Fsp3) is 0.500. The highest BCUT2D eigenvalue weighted by Crippen LogP contribution is 2.34. The second-order valence-electron chi connectivity index (χ2n) is 5.82. The molecule has 3 rings (SSSR count). The number of aromatic nitrogens is 2. The van der Waals surface area contributed by atoms with Gasteiger partial charge in [0.05, 0.1) is 12.6 Å². The molecule has 0 amide bonds. The van der Waals surface area contributed by atoms with Crippen molar-refractivity contribution in [1.29, 1.82) is 0 Å². The average molecular weight is 340 g/mol. The lowest BCUT2D eigenvalue weighted by molar-refractivity contribution is 0.232. The zero-order valence-corrected chi connectivity index (χ0v) is 14.2. The van der Waals surface area contributed by atoms with Crippen LogP contribution in [0.5, 0.6) is 11.5 Å². The summed E-state index contributed by atoms with van der Waals surface area (Å²) in [5, 5.41) is 4.02. The lowest BCUT2D eigenvalue weighted by Gasteiger charge is -2.17. The Labute approximate surface area is 141 Å². The summed E-state index contributed by atoms with van der Waals surface area (Å²) in [5.74, 6) is 2.34. The number of ether oxygens (including phenoxy) is 2. The smallest absolute Gasteiger partial charge is 0.264 e. The van der Waals surface area contributed by atoms with Crippen LogP contribution in [0.3, 0.4) is 0 Å². The van der Waals surface area contributed by atoms with Gasteiger partial charge in [-0.3, -0.25) is 0 Å². The molecule has 0 atom stereocenters. The minimum atomic E-state index is -0.441. The molecule has 1 aromatic carbocycles. The largest absolute Gasteiger partial charge is 0.493 e. The van der Waals surface area contributed by atoms with Crippen molar-refractivity contribution < 1.29 is 14.0 Å². The van der Waals surface area contributed by atoms with E-state index in [4.69, 9.17) is 19.7 Å². The molecule has 6 nitrogen and oxygen atoms in total. The molecule has 1 aliphatic carbocycles. The summed E-state index contributed by atoms with van der Waals surface area (Å²) in [6.07, 6.45) is 4.02. The van der Waals surface area contributed by atoms with Crippen LogP contribution in [-0.2, 0) is 12.1 Å². The van der Waals surface area contributed by atoms with Crippen LogP contribution >= 0.6 is 12.4 Å². The molecule has 0 radical (unpaired) electrons. The highest BCUT2D eigenvalue weighted by atomic mass is 35.5. The Hall–Kier alpha value is -1.79. The fourth-order valence-electron chi connectivity index (χ4n) is 2.78. The molecule has 1 fully saturated rings. The Kier molecular flexibility index (Phi) is 5.49. The minimum Gasteiger partial charge on any atom is -0.493 e. The lowest BCUT2D eigenvalue weighted by atomic mass is 9.99. The SMILES string of the molecule is COc1cc(C)ccc1OCc1nc(C2(N)CCCC2)no1.Cl. The van der Waals surface area contributed by atoms with E-state index < -0.39 is 5.54 Å². The molecule has 2 aromatic rings. The second kappa shape index (κ2) is 7.19. The maximum Gasteiger partial charge on any atom is 0.264 e. The van der Waals surface area contributed by atoms with Crippen molar-refractivity contribution in [2.75, 3.05) is 7.11 Å². The van der Waals surface area contributed by atoms with E-state index in [1.54, 1.807) is 7.11 Å². The average Bonchev–Trinajstić information content (AvgIpc) is 3.16. The predicted molar refractivity (Wildman–Crippen MR) is 87.9 cm³/mol. The number of halogens is 1. The van der Waals surface area contributed by atoms with Crippen LogP contribution < -0.4 is 15.2 Å². The second-order valence-corrected chi connectivity index (χ2v) is 5.82. The van der Waals surface area contributed by atoms with Gasteiger partial charge < -0.3 is 19.7 Å². The normalized spacial score (nSPS) is 16.0. The molecule has 1 heterocycles. The third kappa shape index (κ3) is 3.76. The third-order valence-corrected chi connectivity index (χ3v) is 4.08. The van der Waals surface area contributed by atoms with Crippen LogP contribution in [-0.4, -0.2) is 17.3 Å². The van der Waals surface area contributed by atoms with Gasteiger partial charge in [0, 0.05) is 0 Å². The summed E-state index contributed by atoms with van der Waals surface area (Å²) in [6.45, 7) is 2.20. The number of hydrogen-bond acceptors (Lipinski definition) is 6.